The molecule has 0 aromatic carbocycles. The Balaban J connectivity index is 1.75. The first-order valence-corrected chi connectivity index (χ1v) is 7.66. The summed E-state index contributed by atoms with van der Waals surface area (Å²) < 4.78 is 0. The Labute approximate surface area is 107 Å². The molecular weight excluding hydrogens is 208 g/mol. The Morgan fingerprint density at radius 3 is 2.59 bits per heavy atom. The molecule has 2 unspecified atom stereocenters. The summed E-state index contributed by atoms with van der Waals surface area (Å²) in [4.78, 5) is 2.75. The van der Waals surface area contributed by atoms with Crippen molar-refractivity contribution in [2.45, 2.75) is 71.4 Å². The predicted molar refractivity (Wildman–Crippen MR) is 74.3 cm³/mol. The minimum Gasteiger partial charge on any atom is -0.314 e. The molecule has 2 fully saturated rings. The number of nitrogens with zero attached hydrogens (tertiary/aromatic N) is 1. The monoisotopic (exact) mass is 238 g/mol. The maximum atomic E-state index is 3.69. The van der Waals surface area contributed by atoms with Crippen LogP contribution in [0.1, 0.15) is 59.3 Å². The van der Waals surface area contributed by atoms with E-state index < -0.39 is 0 Å². The van der Waals surface area contributed by atoms with E-state index in [9.17, 15) is 0 Å². The first kappa shape index (κ1) is 13.4. The summed E-state index contributed by atoms with van der Waals surface area (Å²) in [6, 6.07) is 1.56. The molecule has 2 heteroatoms. The van der Waals surface area contributed by atoms with Crippen LogP contribution in [0.3, 0.4) is 0 Å². The summed E-state index contributed by atoms with van der Waals surface area (Å²) in [5.41, 5.74) is 0.720. The van der Waals surface area contributed by atoms with E-state index in [0.29, 0.717) is 0 Å². The Kier molecular flexibility index (Phi) is 4.48. The van der Waals surface area contributed by atoms with Crippen LogP contribution in [0.4, 0.5) is 0 Å². The Morgan fingerprint density at radius 1 is 1.29 bits per heavy atom. The third-order valence-electron chi connectivity index (χ3n) is 4.94. The highest BCUT2D eigenvalue weighted by Gasteiger charge is 2.43. The second-order valence-electron chi connectivity index (χ2n) is 6.35. The highest BCUT2D eigenvalue weighted by atomic mass is 15.2. The lowest BCUT2D eigenvalue weighted by atomic mass is 9.95. The van der Waals surface area contributed by atoms with Crippen LogP contribution in [0.15, 0.2) is 0 Å². The smallest absolute Gasteiger partial charge is 0.00940 e. The molecule has 1 saturated heterocycles. The largest absolute Gasteiger partial charge is 0.314 e. The summed E-state index contributed by atoms with van der Waals surface area (Å²) in [5.74, 6) is 0. The van der Waals surface area contributed by atoms with Crippen molar-refractivity contribution in [2.75, 3.05) is 19.6 Å². The lowest BCUT2D eigenvalue weighted by Crippen LogP contribution is -2.49. The molecule has 17 heavy (non-hydrogen) atoms. The molecule has 1 saturated carbocycles. The van der Waals surface area contributed by atoms with Crippen molar-refractivity contribution < 1.29 is 0 Å². The van der Waals surface area contributed by atoms with Gasteiger partial charge in [0.15, 0.2) is 0 Å². The van der Waals surface area contributed by atoms with Crippen molar-refractivity contribution in [3.05, 3.63) is 0 Å². The van der Waals surface area contributed by atoms with E-state index in [2.05, 4.69) is 31.0 Å². The van der Waals surface area contributed by atoms with Gasteiger partial charge in [-0.3, -0.25) is 4.90 Å². The standard InChI is InChI=1S/C15H30N2/c1-4-9-16-14-6-10-17(13(3)11-14)12-15(5-2)7-8-15/h13-14,16H,4-12H2,1-3H3. The molecular formula is C15H30N2. The molecule has 1 aliphatic heterocycles. The molecule has 0 amide bonds. The van der Waals surface area contributed by atoms with Crippen LogP contribution in [-0.4, -0.2) is 36.6 Å². The van der Waals surface area contributed by atoms with Gasteiger partial charge in [-0.05, 0) is 64.0 Å². The van der Waals surface area contributed by atoms with Crippen molar-refractivity contribution in [1.29, 1.82) is 0 Å². The average molecular weight is 238 g/mol. The molecule has 0 aromatic rings. The van der Waals surface area contributed by atoms with Crippen molar-refractivity contribution in [3.8, 4) is 0 Å². The highest BCUT2D eigenvalue weighted by molar-refractivity contribution is 4.96. The third kappa shape index (κ3) is 3.45. The quantitative estimate of drug-likeness (QED) is 0.765. The lowest BCUT2D eigenvalue weighted by molar-refractivity contribution is 0.108. The maximum absolute atomic E-state index is 3.69. The molecule has 2 atom stereocenters. The summed E-state index contributed by atoms with van der Waals surface area (Å²) in [6.07, 6.45) is 8.29. The fourth-order valence-electron chi connectivity index (χ4n) is 3.22. The summed E-state index contributed by atoms with van der Waals surface area (Å²) in [7, 11) is 0. The van der Waals surface area contributed by atoms with Gasteiger partial charge in [0.2, 0.25) is 0 Å². The second kappa shape index (κ2) is 5.71. The van der Waals surface area contributed by atoms with E-state index in [1.807, 2.05) is 0 Å². The molecule has 2 aliphatic rings. The number of hydrogen-bond acceptors (Lipinski definition) is 2. The fourth-order valence-corrected chi connectivity index (χ4v) is 3.22. The zero-order chi connectivity index (χ0) is 12.3. The van der Waals surface area contributed by atoms with E-state index in [1.54, 1.807) is 0 Å². The van der Waals surface area contributed by atoms with Gasteiger partial charge in [0.05, 0.1) is 0 Å². The summed E-state index contributed by atoms with van der Waals surface area (Å²) >= 11 is 0. The highest BCUT2D eigenvalue weighted by Crippen LogP contribution is 2.49. The van der Waals surface area contributed by atoms with Crippen LogP contribution in [0.25, 0.3) is 0 Å². The van der Waals surface area contributed by atoms with Gasteiger partial charge in [0, 0.05) is 18.6 Å². The fraction of sp³-hybridized carbons (Fsp3) is 1.00. The minimum atomic E-state index is 0.720. The van der Waals surface area contributed by atoms with Gasteiger partial charge in [-0.2, -0.15) is 0 Å². The van der Waals surface area contributed by atoms with Gasteiger partial charge < -0.3 is 5.32 Å². The normalized spacial score (nSPS) is 32.6. The van der Waals surface area contributed by atoms with Gasteiger partial charge >= 0.3 is 0 Å². The van der Waals surface area contributed by atoms with E-state index in [-0.39, 0.29) is 0 Å². The van der Waals surface area contributed by atoms with Gasteiger partial charge in [-0.25, -0.2) is 0 Å². The van der Waals surface area contributed by atoms with E-state index in [1.165, 1.54) is 58.2 Å². The Bertz CT molecular complexity index is 235. The van der Waals surface area contributed by atoms with Crippen molar-refractivity contribution in [1.82, 2.24) is 10.2 Å². The van der Waals surface area contributed by atoms with Gasteiger partial charge in [-0.1, -0.05) is 13.8 Å². The van der Waals surface area contributed by atoms with Crippen molar-refractivity contribution in [3.63, 3.8) is 0 Å². The second-order valence-corrected chi connectivity index (χ2v) is 6.35. The average Bonchev–Trinajstić information content (AvgIpc) is 3.10. The number of piperidine rings is 1. The molecule has 1 N–H and O–H groups in total. The third-order valence-corrected chi connectivity index (χ3v) is 4.94. The van der Waals surface area contributed by atoms with Crippen molar-refractivity contribution >= 4 is 0 Å². The van der Waals surface area contributed by atoms with E-state index in [4.69, 9.17) is 0 Å². The first-order valence-electron chi connectivity index (χ1n) is 7.66. The van der Waals surface area contributed by atoms with Crippen LogP contribution in [-0.2, 0) is 0 Å². The topological polar surface area (TPSA) is 15.3 Å². The van der Waals surface area contributed by atoms with Crippen LogP contribution in [0.5, 0.6) is 0 Å². The zero-order valence-corrected chi connectivity index (χ0v) is 12.0. The SMILES string of the molecule is CCCNC1CCN(CC2(CC)CC2)C(C)C1. The van der Waals surface area contributed by atoms with Gasteiger partial charge in [-0.15, -0.1) is 0 Å². The van der Waals surface area contributed by atoms with Gasteiger partial charge in [0.1, 0.15) is 0 Å². The number of nitrogens with one attached hydrogen (secondary N) is 1. The summed E-state index contributed by atoms with van der Waals surface area (Å²) in [5, 5.41) is 3.69. The van der Waals surface area contributed by atoms with Crippen LogP contribution in [0, 0.1) is 5.41 Å². The van der Waals surface area contributed by atoms with Crippen LogP contribution < -0.4 is 5.32 Å². The van der Waals surface area contributed by atoms with Crippen molar-refractivity contribution in [2.24, 2.45) is 5.41 Å². The predicted octanol–water partition coefficient (Wildman–Crippen LogP) is 3.03. The first-order chi connectivity index (χ1) is 8.19. The zero-order valence-electron chi connectivity index (χ0n) is 12.0. The van der Waals surface area contributed by atoms with E-state index in [0.717, 1.165) is 17.5 Å². The number of rotatable bonds is 6. The summed E-state index contributed by atoms with van der Waals surface area (Å²) in [6.45, 7) is 10.9. The maximum Gasteiger partial charge on any atom is 0.00940 e. The molecule has 100 valence electrons. The van der Waals surface area contributed by atoms with E-state index >= 15 is 0 Å². The molecule has 0 radical (unpaired) electrons. The Morgan fingerprint density at radius 2 is 2.06 bits per heavy atom. The molecule has 2 rings (SSSR count). The van der Waals surface area contributed by atoms with Crippen LogP contribution >= 0.6 is 0 Å². The minimum absolute atomic E-state index is 0.720. The molecule has 2 nitrogen and oxygen atoms in total. The number of likely N-dealkylation sites (tertiary alicyclic amines) is 1. The lowest BCUT2D eigenvalue weighted by Gasteiger charge is -2.40. The molecule has 0 aromatic heterocycles. The van der Waals surface area contributed by atoms with Gasteiger partial charge in [0.25, 0.3) is 0 Å². The number of hydrogen-bond donors (Lipinski definition) is 1. The molecule has 1 heterocycles. The molecule has 0 bridgehead atoms. The Hall–Kier alpha value is -0.0800. The van der Waals surface area contributed by atoms with Crippen LogP contribution in [0.2, 0.25) is 0 Å². The molecule has 0 spiro atoms. The molecule has 1 aliphatic carbocycles.